The number of furan rings is 1. The van der Waals surface area contributed by atoms with Crippen molar-refractivity contribution in [1.82, 2.24) is 15.6 Å². The molecule has 21 heavy (non-hydrogen) atoms. The van der Waals surface area contributed by atoms with Crippen molar-refractivity contribution in [2.75, 3.05) is 6.54 Å². The van der Waals surface area contributed by atoms with Crippen LogP contribution in [-0.2, 0) is 4.79 Å². The molecule has 0 saturated heterocycles. The highest BCUT2D eigenvalue weighted by Crippen LogP contribution is 2.07. The maximum atomic E-state index is 11.8. The molecule has 0 radical (unpaired) electrons. The van der Waals surface area contributed by atoms with E-state index in [1.807, 2.05) is 25.1 Å². The van der Waals surface area contributed by atoms with Crippen LogP contribution in [0.3, 0.4) is 0 Å². The van der Waals surface area contributed by atoms with Crippen LogP contribution in [0.5, 0.6) is 0 Å². The number of hydrogen-bond acceptors (Lipinski definition) is 4. The molecule has 6 nitrogen and oxygen atoms in total. The summed E-state index contributed by atoms with van der Waals surface area (Å²) in [4.78, 5) is 27.5. The number of hydrogen-bond donors (Lipinski definition) is 2. The lowest BCUT2D eigenvalue weighted by Gasteiger charge is -2.13. The minimum atomic E-state index is -0.328. The summed E-state index contributed by atoms with van der Waals surface area (Å²) in [5.41, 5.74) is 0.797. The fourth-order valence-electron chi connectivity index (χ4n) is 1.80. The molecule has 2 rings (SSSR count). The van der Waals surface area contributed by atoms with Crippen molar-refractivity contribution < 1.29 is 14.0 Å². The number of nitrogens with zero attached hydrogens (tertiary/aromatic N) is 1. The average Bonchev–Trinajstić information content (AvgIpc) is 3.02. The third-order valence-corrected chi connectivity index (χ3v) is 2.89. The summed E-state index contributed by atoms with van der Waals surface area (Å²) in [6, 6.07) is 8.58. The number of nitrogens with one attached hydrogen (secondary N) is 2. The monoisotopic (exact) mass is 287 g/mol. The molecule has 2 heterocycles. The predicted octanol–water partition coefficient (Wildman–Crippen LogP) is 1.67. The van der Waals surface area contributed by atoms with Crippen LogP contribution in [-0.4, -0.2) is 23.3 Å². The van der Waals surface area contributed by atoms with Gasteiger partial charge in [0.05, 0.1) is 18.0 Å². The Balaban J connectivity index is 1.71. The molecule has 0 saturated carbocycles. The third kappa shape index (κ3) is 4.45. The molecule has 0 aliphatic rings. The van der Waals surface area contributed by atoms with Crippen LogP contribution in [0.15, 0.2) is 47.2 Å². The van der Waals surface area contributed by atoms with Crippen LogP contribution in [0.1, 0.15) is 35.6 Å². The number of pyridine rings is 1. The molecule has 2 aromatic rings. The second kappa shape index (κ2) is 7.23. The smallest absolute Gasteiger partial charge is 0.286 e. The first-order valence-corrected chi connectivity index (χ1v) is 6.69. The standard InChI is InChI=1S/C15H17N3O3/c1-11(12-5-2-3-8-16-12)18-14(19)7-9-17-15(20)13-6-4-10-21-13/h2-6,8,10-11H,7,9H2,1H3,(H,17,20)(H,18,19)/t11-/m1/s1. The normalized spacial score (nSPS) is 11.7. The van der Waals surface area contributed by atoms with Gasteiger partial charge in [0.2, 0.25) is 5.91 Å². The molecule has 0 spiro atoms. The fraction of sp³-hybridized carbons (Fsp3) is 0.267. The number of rotatable bonds is 6. The lowest BCUT2D eigenvalue weighted by molar-refractivity contribution is -0.121. The van der Waals surface area contributed by atoms with E-state index in [1.165, 1.54) is 6.26 Å². The summed E-state index contributed by atoms with van der Waals surface area (Å²) in [5.74, 6) is -0.240. The van der Waals surface area contributed by atoms with Crippen molar-refractivity contribution in [3.63, 3.8) is 0 Å². The third-order valence-electron chi connectivity index (χ3n) is 2.89. The fourth-order valence-corrected chi connectivity index (χ4v) is 1.80. The largest absolute Gasteiger partial charge is 0.459 e. The van der Waals surface area contributed by atoms with E-state index in [1.54, 1.807) is 18.3 Å². The quantitative estimate of drug-likeness (QED) is 0.846. The Morgan fingerprint density at radius 1 is 1.29 bits per heavy atom. The summed E-state index contributed by atoms with van der Waals surface area (Å²) in [6.07, 6.45) is 3.31. The lowest BCUT2D eigenvalue weighted by atomic mass is 10.2. The van der Waals surface area contributed by atoms with Crippen LogP contribution < -0.4 is 10.6 Å². The Morgan fingerprint density at radius 3 is 2.81 bits per heavy atom. The topological polar surface area (TPSA) is 84.2 Å². The summed E-state index contributed by atoms with van der Waals surface area (Å²) in [7, 11) is 0. The van der Waals surface area contributed by atoms with Gasteiger partial charge in [0.1, 0.15) is 0 Å². The average molecular weight is 287 g/mol. The first-order chi connectivity index (χ1) is 10.2. The number of carbonyl (C=O) groups excluding carboxylic acids is 2. The van der Waals surface area contributed by atoms with Crippen molar-refractivity contribution in [3.05, 3.63) is 54.2 Å². The molecule has 6 heteroatoms. The van der Waals surface area contributed by atoms with E-state index in [0.29, 0.717) is 0 Å². The molecule has 1 atom stereocenters. The van der Waals surface area contributed by atoms with Gasteiger partial charge >= 0.3 is 0 Å². The van der Waals surface area contributed by atoms with Gasteiger partial charge in [-0.25, -0.2) is 0 Å². The number of amides is 2. The van der Waals surface area contributed by atoms with E-state index in [4.69, 9.17) is 4.42 Å². The van der Waals surface area contributed by atoms with Gasteiger partial charge in [0, 0.05) is 19.2 Å². The van der Waals surface area contributed by atoms with E-state index >= 15 is 0 Å². The van der Waals surface area contributed by atoms with Crippen LogP contribution in [0.25, 0.3) is 0 Å². The number of aromatic nitrogens is 1. The van der Waals surface area contributed by atoms with E-state index < -0.39 is 0 Å². The molecule has 0 unspecified atom stereocenters. The summed E-state index contributed by atoms with van der Waals surface area (Å²) < 4.78 is 4.95. The van der Waals surface area contributed by atoms with Gasteiger partial charge in [-0.1, -0.05) is 6.07 Å². The predicted molar refractivity (Wildman–Crippen MR) is 76.5 cm³/mol. The maximum absolute atomic E-state index is 11.8. The highest BCUT2D eigenvalue weighted by atomic mass is 16.3. The van der Waals surface area contributed by atoms with Crippen LogP contribution in [0, 0.1) is 0 Å². The van der Waals surface area contributed by atoms with E-state index in [0.717, 1.165) is 5.69 Å². The minimum Gasteiger partial charge on any atom is -0.459 e. The zero-order chi connectivity index (χ0) is 15.1. The molecule has 2 amide bonds. The first-order valence-electron chi connectivity index (χ1n) is 6.69. The molecule has 0 aliphatic heterocycles. The van der Waals surface area contributed by atoms with Gasteiger partial charge < -0.3 is 15.1 Å². The van der Waals surface area contributed by atoms with Crippen molar-refractivity contribution in [2.45, 2.75) is 19.4 Å². The van der Waals surface area contributed by atoms with E-state index in [2.05, 4.69) is 15.6 Å². The zero-order valence-corrected chi connectivity index (χ0v) is 11.7. The maximum Gasteiger partial charge on any atom is 0.286 e. The van der Waals surface area contributed by atoms with Gasteiger partial charge in [-0.2, -0.15) is 0 Å². The van der Waals surface area contributed by atoms with E-state index in [-0.39, 0.29) is 36.6 Å². The van der Waals surface area contributed by atoms with E-state index in [9.17, 15) is 9.59 Å². The SMILES string of the molecule is C[C@@H](NC(=O)CCNC(=O)c1ccco1)c1ccccn1. The second-order valence-electron chi connectivity index (χ2n) is 4.53. The Kier molecular flexibility index (Phi) is 5.09. The molecule has 110 valence electrons. The summed E-state index contributed by atoms with van der Waals surface area (Å²) in [6.45, 7) is 2.11. The minimum absolute atomic E-state index is 0.145. The lowest BCUT2D eigenvalue weighted by Crippen LogP contribution is -2.32. The first kappa shape index (κ1) is 14.8. The van der Waals surface area contributed by atoms with Gasteiger partial charge in [-0.15, -0.1) is 0 Å². The Morgan fingerprint density at radius 2 is 2.14 bits per heavy atom. The Hall–Kier alpha value is -2.63. The zero-order valence-electron chi connectivity index (χ0n) is 11.7. The molecule has 2 N–H and O–H groups in total. The van der Waals surface area contributed by atoms with Crippen molar-refractivity contribution in [2.24, 2.45) is 0 Å². The molecular weight excluding hydrogens is 270 g/mol. The Labute approximate surface area is 122 Å². The van der Waals surface area contributed by atoms with Crippen molar-refractivity contribution in [1.29, 1.82) is 0 Å². The van der Waals surface area contributed by atoms with Crippen molar-refractivity contribution >= 4 is 11.8 Å². The number of carbonyl (C=O) groups is 2. The van der Waals surface area contributed by atoms with Gasteiger partial charge in [-0.05, 0) is 31.2 Å². The van der Waals surface area contributed by atoms with Crippen molar-refractivity contribution in [3.8, 4) is 0 Å². The highest BCUT2D eigenvalue weighted by molar-refractivity contribution is 5.91. The van der Waals surface area contributed by atoms with Gasteiger partial charge in [0.25, 0.3) is 5.91 Å². The van der Waals surface area contributed by atoms with Crippen LogP contribution in [0.2, 0.25) is 0 Å². The molecule has 0 aliphatic carbocycles. The molecule has 0 aromatic carbocycles. The molecular formula is C15H17N3O3. The van der Waals surface area contributed by atoms with Crippen LogP contribution >= 0.6 is 0 Å². The summed E-state index contributed by atoms with van der Waals surface area (Å²) in [5, 5.41) is 5.45. The highest BCUT2D eigenvalue weighted by Gasteiger charge is 2.11. The second-order valence-corrected chi connectivity index (χ2v) is 4.53. The molecule has 2 aromatic heterocycles. The molecule has 0 bridgehead atoms. The van der Waals surface area contributed by atoms with Gasteiger partial charge in [0.15, 0.2) is 5.76 Å². The van der Waals surface area contributed by atoms with Gasteiger partial charge in [-0.3, -0.25) is 14.6 Å². The molecule has 0 fully saturated rings. The summed E-state index contributed by atoms with van der Waals surface area (Å²) >= 11 is 0. The Bertz CT molecular complexity index is 581. The van der Waals surface area contributed by atoms with Crippen LogP contribution in [0.4, 0.5) is 0 Å².